The molecule has 62 valence electrons. The largest absolute Gasteiger partial charge is 0.390 e. The molecular formula is C8H18O2. The van der Waals surface area contributed by atoms with E-state index in [0.717, 1.165) is 12.8 Å². The van der Waals surface area contributed by atoms with Crippen molar-refractivity contribution in [2.45, 2.75) is 45.3 Å². The third-order valence-electron chi connectivity index (χ3n) is 2.26. The van der Waals surface area contributed by atoms with E-state index in [1.165, 1.54) is 0 Å². The van der Waals surface area contributed by atoms with Gasteiger partial charge in [-0.2, -0.15) is 0 Å². The summed E-state index contributed by atoms with van der Waals surface area (Å²) in [5, 5.41) is 9.45. The zero-order valence-electron chi connectivity index (χ0n) is 7.35. The van der Waals surface area contributed by atoms with Gasteiger partial charge in [-0.1, -0.05) is 13.8 Å². The second kappa shape index (κ2) is 3.94. The van der Waals surface area contributed by atoms with Crippen LogP contribution < -0.4 is 0 Å². The summed E-state index contributed by atoms with van der Waals surface area (Å²) in [6.07, 6.45) is 1.25. The number of hydrogen-bond acceptors (Lipinski definition) is 2. The first kappa shape index (κ1) is 9.92. The molecule has 0 saturated heterocycles. The molecule has 0 heterocycles. The number of methoxy groups -OCH3 is 1. The Morgan fingerprint density at radius 3 is 2.10 bits per heavy atom. The van der Waals surface area contributed by atoms with E-state index in [4.69, 9.17) is 4.74 Å². The molecule has 0 amide bonds. The van der Waals surface area contributed by atoms with Crippen molar-refractivity contribution < 1.29 is 9.84 Å². The van der Waals surface area contributed by atoms with Crippen LogP contribution >= 0.6 is 0 Å². The fourth-order valence-corrected chi connectivity index (χ4v) is 0.948. The lowest BCUT2D eigenvalue weighted by molar-refractivity contribution is -0.0929. The summed E-state index contributed by atoms with van der Waals surface area (Å²) in [5.74, 6) is 0. The van der Waals surface area contributed by atoms with Crippen LogP contribution in [0.5, 0.6) is 0 Å². The smallest absolute Gasteiger partial charge is 0.0905 e. The number of ether oxygens (including phenoxy) is 1. The molecule has 0 saturated carbocycles. The van der Waals surface area contributed by atoms with Gasteiger partial charge in [-0.15, -0.1) is 0 Å². The van der Waals surface area contributed by atoms with E-state index in [2.05, 4.69) is 0 Å². The van der Waals surface area contributed by atoms with Crippen LogP contribution in [-0.2, 0) is 4.74 Å². The fourth-order valence-electron chi connectivity index (χ4n) is 0.948. The molecule has 0 aromatic heterocycles. The molecule has 2 atom stereocenters. The average Bonchev–Trinajstić information content (AvgIpc) is 2.01. The van der Waals surface area contributed by atoms with Crippen LogP contribution in [-0.4, -0.2) is 23.9 Å². The van der Waals surface area contributed by atoms with Crippen molar-refractivity contribution in [1.29, 1.82) is 0 Å². The summed E-state index contributed by atoms with van der Waals surface area (Å²) in [5.41, 5.74) is -0.352. The van der Waals surface area contributed by atoms with Crippen LogP contribution in [0.4, 0.5) is 0 Å². The highest BCUT2D eigenvalue weighted by atomic mass is 16.5. The standard InChI is InChI=1S/C8H18O2/c1-5-7(9)8(3,6-2)10-4/h7,9H,5-6H2,1-4H3. The maximum absolute atomic E-state index is 9.45. The molecule has 0 aliphatic rings. The molecule has 0 fully saturated rings. The average molecular weight is 146 g/mol. The first-order valence-electron chi connectivity index (χ1n) is 3.84. The third kappa shape index (κ3) is 1.96. The lowest BCUT2D eigenvalue weighted by atomic mass is 9.94. The van der Waals surface area contributed by atoms with Crippen LogP contribution in [0.25, 0.3) is 0 Å². The molecule has 0 spiro atoms. The topological polar surface area (TPSA) is 29.5 Å². The van der Waals surface area contributed by atoms with E-state index >= 15 is 0 Å². The van der Waals surface area contributed by atoms with Gasteiger partial charge in [0.05, 0.1) is 11.7 Å². The first-order chi connectivity index (χ1) is 4.60. The third-order valence-corrected chi connectivity index (χ3v) is 2.26. The molecular weight excluding hydrogens is 128 g/mol. The molecule has 0 aliphatic carbocycles. The lowest BCUT2D eigenvalue weighted by Crippen LogP contribution is -2.40. The predicted molar refractivity (Wildman–Crippen MR) is 42.0 cm³/mol. The van der Waals surface area contributed by atoms with Crippen LogP contribution in [0.2, 0.25) is 0 Å². The summed E-state index contributed by atoms with van der Waals surface area (Å²) in [6, 6.07) is 0. The number of aliphatic hydroxyl groups is 1. The van der Waals surface area contributed by atoms with Gasteiger partial charge in [0.2, 0.25) is 0 Å². The summed E-state index contributed by atoms with van der Waals surface area (Å²) < 4.78 is 5.19. The van der Waals surface area contributed by atoms with Crippen LogP contribution in [0.15, 0.2) is 0 Å². The zero-order valence-corrected chi connectivity index (χ0v) is 7.35. The van der Waals surface area contributed by atoms with E-state index in [1.54, 1.807) is 7.11 Å². The van der Waals surface area contributed by atoms with Gasteiger partial charge in [0.1, 0.15) is 0 Å². The molecule has 1 N–H and O–H groups in total. The summed E-state index contributed by atoms with van der Waals surface area (Å²) in [4.78, 5) is 0. The highest BCUT2D eigenvalue weighted by Crippen LogP contribution is 2.20. The van der Waals surface area contributed by atoms with E-state index in [0.29, 0.717) is 0 Å². The Hall–Kier alpha value is -0.0800. The van der Waals surface area contributed by atoms with Gasteiger partial charge in [0.15, 0.2) is 0 Å². The SMILES string of the molecule is CCC(O)C(C)(CC)OC. The minimum Gasteiger partial charge on any atom is -0.390 e. The molecule has 0 radical (unpaired) electrons. The van der Waals surface area contributed by atoms with Gasteiger partial charge in [-0.05, 0) is 19.8 Å². The highest BCUT2D eigenvalue weighted by Gasteiger charge is 2.29. The van der Waals surface area contributed by atoms with Crippen molar-refractivity contribution in [1.82, 2.24) is 0 Å². The van der Waals surface area contributed by atoms with E-state index in [-0.39, 0.29) is 11.7 Å². The second-order valence-electron chi connectivity index (χ2n) is 2.79. The molecule has 0 aromatic rings. The van der Waals surface area contributed by atoms with Crippen LogP contribution in [0.1, 0.15) is 33.6 Å². The van der Waals surface area contributed by atoms with Crippen LogP contribution in [0, 0.1) is 0 Å². The Balaban J connectivity index is 4.02. The van der Waals surface area contributed by atoms with Gasteiger partial charge in [-0.3, -0.25) is 0 Å². The molecule has 2 heteroatoms. The molecule has 2 unspecified atom stereocenters. The Morgan fingerprint density at radius 1 is 1.50 bits per heavy atom. The quantitative estimate of drug-likeness (QED) is 0.652. The number of rotatable bonds is 4. The summed E-state index contributed by atoms with van der Waals surface area (Å²) >= 11 is 0. The maximum atomic E-state index is 9.45. The predicted octanol–water partition coefficient (Wildman–Crippen LogP) is 1.57. The Kier molecular flexibility index (Phi) is 3.91. The Morgan fingerprint density at radius 2 is 2.00 bits per heavy atom. The molecule has 2 nitrogen and oxygen atoms in total. The van der Waals surface area contributed by atoms with Gasteiger partial charge in [0, 0.05) is 7.11 Å². The van der Waals surface area contributed by atoms with Crippen molar-refractivity contribution >= 4 is 0 Å². The molecule has 0 rings (SSSR count). The minimum atomic E-state index is -0.352. The lowest BCUT2D eigenvalue weighted by Gasteiger charge is -2.31. The van der Waals surface area contributed by atoms with Gasteiger partial charge < -0.3 is 9.84 Å². The maximum Gasteiger partial charge on any atom is 0.0905 e. The van der Waals surface area contributed by atoms with Gasteiger partial charge in [-0.25, -0.2) is 0 Å². The fraction of sp³-hybridized carbons (Fsp3) is 1.00. The summed E-state index contributed by atoms with van der Waals surface area (Å²) in [6.45, 7) is 5.90. The van der Waals surface area contributed by atoms with Crippen molar-refractivity contribution in [3.05, 3.63) is 0 Å². The number of aliphatic hydroxyl groups excluding tert-OH is 1. The molecule has 0 aliphatic heterocycles. The van der Waals surface area contributed by atoms with Gasteiger partial charge >= 0.3 is 0 Å². The van der Waals surface area contributed by atoms with E-state index < -0.39 is 0 Å². The molecule has 0 aromatic carbocycles. The van der Waals surface area contributed by atoms with Gasteiger partial charge in [0.25, 0.3) is 0 Å². The van der Waals surface area contributed by atoms with E-state index in [1.807, 2.05) is 20.8 Å². The highest BCUT2D eigenvalue weighted by molar-refractivity contribution is 4.80. The number of hydrogen-bond donors (Lipinski definition) is 1. The zero-order chi connectivity index (χ0) is 8.20. The van der Waals surface area contributed by atoms with Crippen molar-refractivity contribution in [2.24, 2.45) is 0 Å². The Labute approximate surface area is 63.2 Å². The second-order valence-corrected chi connectivity index (χ2v) is 2.79. The van der Waals surface area contributed by atoms with Crippen molar-refractivity contribution in [2.75, 3.05) is 7.11 Å². The van der Waals surface area contributed by atoms with Crippen molar-refractivity contribution in [3.63, 3.8) is 0 Å². The minimum absolute atomic E-state index is 0.345. The first-order valence-corrected chi connectivity index (χ1v) is 3.84. The normalized spacial score (nSPS) is 20.1. The van der Waals surface area contributed by atoms with E-state index in [9.17, 15) is 5.11 Å². The molecule has 0 bridgehead atoms. The monoisotopic (exact) mass is 146 g/mol. The summed E-state index contributed by atoms with van der Waals surface area (Å²) in [7, 11) is 1.64. The van der Waals surface area contributed by atoms with Crippen molar-refractivity contribution in [3.8, 4) is 0 Å². The molecule has 10 heavy (non-hydrogen) atoms. The van der Waals surface area contributed by atoms with Crippen LogP contribution in [0.3, 0.4) is 0 Å². The Bertz CT molecular complexity index is 87.3.